The molecule has 0 spiro atoms. The molecular weight excluding hydrogens is 260 g/mol. The van der Waals surface area contributed by atoms with Gasteiger partial charge in [-0.05, 0) is 31.2 Å². The van der Waals surface area contributed by atoms with Gasteiger partial charge in [0.25, 0.3) is 5.91 Å². The van der Waals surface area contributed by atoms with Crippen molar-refractivity contribution in [1.82, 2.24) is 5.32 Å². The van der Waals surface area contributed by atoms with E-state index >= 15 is 0 Å². The SMILES string of the molecule is Cc1ccc(CNC(=O)c2cccc(C(N)=S)c2)o1. The molecule has 4 nitrogen and oxygen atoms in total. The zero-order chi connectivity index (χ0) is 13.8. The first-order valence-electron chi connectivity index (χ1n) is 5.79. The molecule has 2 aromatic rings. The fourth-order valence-corrected chi connectivity index (χ4v) is 1.79. The van der Waals surface area contributed by atoms with Gasteiger partial charge in [0.05, 0.1) is 6.54 Å². The summed E-state index contributed by atoms with van der Waals surface area (Å²) in [4.78, 5) is 12.2. The van der Waals surface area contributed by atoms with Gasteiger partial charge in [0.1, 0.15) is 16.5 Å². The number of hydrogen-bond donors (Lipinski definition) is 2. The maximum Gasteiger partial charge on any atom is 0.251 e. The molecule has 1 heterocycles. The van der Waals surface area contributed by atoms with E-state index in [4.69, 9.17) is 22.4 Å². The van der Waals surface area contributed by atoms with E-state index in [1.165, 1.54) is 0 Å². The van der Waals surface area contributed by atoms with Crippen molar-refractivity contribution in [1.29, 1.82) is 0 Å². The van der Waals surface area contributed by atoms with Gasteiger partial charge in [-0.1, -0.05) is 24.4 Å². The normalized spacial score (nSPS) is 10.2. The first-order valence-corrected chi connectivity index (χ1v) is 6.20. The highest BCUT2D eigenvalue weighted by Crippen LogP contribution is 2.08. The second kappa shape index (κ2) is 5.67. The molecule has 3 N–H and O–H groups in total. The summed E-state index contributed by atoms with van der Waals surface area (Å²) < 4.78 is 5.38. The Morgan fingerprint density at radius 1 is 1.32 bits per heavy atom. The number of benzene rings is 1. The molecule has 0 saturated carbocycles. The van der Waals surface area contributed by atoms with Gasteiger partial charge in [0.15, 0.2) is 0 Å². The van der Waals surface area contributed by atoms with Crippen LogP contribution < -0.4 is 11.1 Å². The second-order valence-electron chi connectivity index (χ2n) is 4.14. The van der Waals surface area contributed by atoms with Crippen LogP contribution in [0, 0.1) is 6.92 Å². The fourth-order valence-electron chi connectivity index (χ4n) is 1.66. The third-order valence-corrected chi connectivity index (χ3v) is 2.86. The van der Waals surface area contributed by atoms with Crippen LogP contribution in [0.3, 0.4) is 0 Å². The Balaban J connectivity index is 2.03. The van der Waals surface area contributed by atoms with Crippen molar-refractivity contribution in [3.8, 4) is 0 Å². The molecule has 1 amide bonds. The summed E-state index contributed by atoms with van der Waals surface area (Å²) in [5.74, 6) is 1.35. The lowest BCUT2D eigenvalue weighted by atomic mass is 10.1. The van der Waals surface area contributed by atoms with Crippen LogP contribution in [0.5, 0.6) is 0 Å². The minimum absolute atomic E-state index is 0.188. The van der Waals surface area contributed by atoms with Crippen molar-refractivity contribution in [2.45, 2.75) is 13.5 Å². The van der Waals surface area contributed by atoms with Gasteiger partial charge in [0, 0.05) is 11.1 Å². The van der Waals surface area contributed by atoms with E-state index in [9.17, 15) is 4.79 Å². The number of nitrogens with two attached hydrogens (primary N) is 1. The van der Waals surface area contributed by atoms with E-state index < -0.39 is 0 Å². The lowest BCUT2D eigenvalue weighted by Crippen LogP contribution is -2.23. The summed E-state index contributed by atoms with van der Waals surface area (Å²) >= 11 is 4.88. The lowest BCUT2D eigenvalue weighted by Gasteiger charge is -2.05. The standard InChI is InChI=1S/C14H14N2O2S/c1-9-5-6-12(18-9)8-16-14(17)11-4-2-3-10(7-11)13(15)19/h2-7H,8H2,1H3,(H2,15,19)(H,16,17). The van der Waals surface area contributed by atoms with E-state index in [1.54, 1.807) is 24.3 Å². The number of carbonyl (C=O) groups excluding carboxylic acids is 1. The number of hydrogen-bond acceptors (Lipinski definition) is 3. The Labute approximate surface area is 116 Å². The van der Waals surface area contributed by atoms with Crippen LogP contribution in [0.25, 0.3) is 0 Å². The quantitative estimate of drug-likeness (QED) is 0.838. The number of rotatable bonds is 4. The van der Waals surface area contributed by atoms with E-state index in [0.29, 0.717) is 17.7 Å². The van der Waals surface area contributed by atoms with E-state index in [1.807, 2.05) is 19.1 Å². The second-order valence-corrected chi connectivity index (χ2v) is 4.58. The molecule has 0 aliphatic heterocycles. The summed E-state index contributed by atoms with van der Waals surface area (Å²) in [7, 11) is 0. The Kier molecular flexibility index (Phi) is 3.97. The van der Waals surface area contributed by atoms with Gasteiger partial charge in [-0.3, -0.25) is 4.79 Å². The highest BCUT2D eigenvalue weighted by molar-refractivity contribution is 7.80. The molecule has 0 radical (unpaired) electrons. The third-order valence-electron chi connectivity index (χ3n) is 2.63. The van der Waals surface area contributed by atoms with Gasteiger partial charge < -0.3 is 15.5 Å². The van der Waals surface area contributed by atoms with Crippen LogP contribution in [-0.4, -0.2) is 10.9 Å². The fraction of sp³-hybridized carbons (Fsp3) is 0.143. The highest BCUT2D eigenvalue weighted by atomic mass is 32.1. The summed E-state index contributed by atoms with van der Waals surface area (Å²) in [6.45, 7) is 2.21. The molecule has 0 aliphatic rings. The predicted molar refractivity (Wildman–Crippen MR) is 76.9 cm³/mol. The van der Waals surface area contributed by atoms with Crippen LogP contribution in [-0.2, 0) is 6.54 Å². The molecular formula is C14H14N2O2S. The van der Waals surface area contributed by atoms with E-state index in [0.717, 1.165) is 11.5 Å². The van der Waals surface area contributed by atoms with Crippen molar-refractivity contribution in [3.63, 3.8) is 0 Å². The summed E-state index contributed by atoms with van der Waals surface area (Å²) in [6.07, 6.45) is 0. The maximum atomic E-state index is 12.0. The maximum absolute atomic E-state index is 12.0. The number of nitrogens with one attached hydrogen (secondary N) is 1. The third kappa shape index (κ3) is 3.42. The van der Waals surface area contributed by atoms with Crippen molar-refractivity contribution < 1.29 is 9.21 Å². The van der Waals surface area contributed by atoms with Crippen molar-refractivity contribution in [3.05, 3.63) is 59.0 Å². The lowest BCUT2D eigenvalue weighted by molar-refractivity contribution is 0.0948. The average Bonchev–Trinajstić information content (AvgIpc) is 2.82. The van der Waals surface area contributed by atoms with Crippen LogP contribution in [0.1, 0.15) is 27.4 Å². The van der Waals surface area contributed by atoms with Crippen molar-refractivity contribution in [2.24, 2.45) is 5.73 Å². The average molecular weight is 274 g/mol. The van der Waals surface area contributed by atoms with Gasteiger partial charge >= 0.3 is 0 Å². The molecule has 1 aromatic carbocycles. The summed E-state index contributed by atoms with van der Waals surface area (Å²) in [6, 6.07) is 10.6. The Hall–Kier alpha value is -2.14. The van der Waals surface area contributed by atoms with E-state index in [-0.39, 0.29) is 10.9 Å². The number of carbonyl (C=O) groups is 1. The van der Waals surface area contributed by atoms with Crippen LogP contribution in [0.4, 0.5) is 0 Å². The minimum Gasteiger partial charge on any atom is -0.465 e. The molecule has 2 rings (SSSR count). The first-order chi connectivity index (χ1) is 9.06. The Morgan fingerprint density at radius 3 is 2.68 bits per heavy atom. The Morgan fingerprint density at radius 2 is 2.05 bits per heavy atom. The van der Waals surface area contributed by atoms with Gasteiger partial charge in [-0.25, -0.2) is 0 Å². The predicted octanol–water partition coefficient (Wildman–Crippen LogP) is 2.15. The smallest absolute Gasteiger partial charge is 0.251 e. The zero-order valence-corrected chi connectivity index (χ0v) is 11.3. The number of thiocarbonyl (C=S) groups is 1. The zero-order valence-electron chi connectivity index (χ0n) is 10.5. The molecule has 0 aliphatic carbocycles. The van der Waals surface area contributed by atoms with Gasteiger partial charge in [-0.15, -0.1) is 0 Å². The van der Waals surface area contributed by atoms with E-state index in [2.05, 4.69) is 5.32 Å². The largest absolute Gasteiger partial charge is 0.465 e. The van der Waals surface area contributed by atoms with Gasteiger partial charge in [0.2, 0.25) is 0 Å². The first kappa shape index (κ1) is 13.3. The monoisotopic (exact) mass is 274 g/mol. The van der Waals surface area contributed by atoms with Gasteiger partial charge in [-0.2, -0.15) is 0 Å². The van der Waals surface area contributed by atoms with Crippen LogP contribution in [0.15, 0.2) is 40.8 Å². The molecule has 5 heteroatoms. The topological polar surface area (TPSA) is 68.3 Å². The molecule has 0 atom stereocenters. The number of furan rings is 1. The van der Waals surface area contributed by atoms with Crippen LogP contribution >= 0.6 is 12.2 Å². The molecule has 0 bridgehead atoms. The van der Waals surface area contributed by atoms with Crippen molar-refractivity contribution in [2.75, 3.05) is 0 Å². The van der Waals surface area contributed by atoms with Crippen molar-refractivity contribution >= 4 is 23.1 Å². The summed E-state index contributed by atoms with van der Waals surface area (Å²) in [5.41, 5.74) is 6.73. The number of aryl methyl sites for hydroxylation is 1. The number of amides is 1. The summed E-state index contributed by atoms with van der Waals surface area (Å²) in [5, 5.41) is 2.78. The minimum atomic E-state index is -0.188. The molecule has 98 valence electrons. The molecule has 0 fully saturated rings. The molecule has 1 aromatic heterocycles. The van der Waals surface area contributed by atoms with Crippen LogP contribution in [0.2, 0.25) is 0 Å². The molecule has 19 heavy (non-hydrogen) atoms. The molecule has 0 unspecified atom stereocenters. The molecule has 0 saturated heterocycles. The Bertz CT molecular complexity index is 619. The highest BCUT2D eigenvalue weighted by Gasteiger charge is 2.08.